The van der Waals surface area contributed by atoms with Crippen molar-refractivity contribution in [2.45, 2.75) is 25.4 Å². The van der Waals surface area contributed by atoms with Crippen molar-refractivity contribution in [3.8, 4) is 0 Å². The monoisotopic (exact) mass is 379 g/mol. The number of halogens is 2. The molecule has 2 aromatic carbocycles. The molecule has 3 rings (SSSR count). The lowest BCUT2D eigenvalue weighted by Gasteiger charge is -2.40. The van der Waals surface area contributed by atoms with E-state index < -0.39 is 0 Å². The molecule has 5 heteroatoms. The van der Waals surface area contributed by atoms with Gasteiger partial charge in [-0.05, 0) is 30.3 Å². The molecule has 0 aromatic heterocycles. The Bertz CT molecular complexity index is 710. The van der Waals surface area contributed by atoms with Gasteiger partial charge in [-0.2, -0.15) is 0 Å². The summed E-state index contributed by atoms with van der Waals surface area (Å²) >= 11 is 12.0. The van der Waals surface area contributed by atoms with Crippen LogP contribution in [0.2, 0.25) is 10.0 Å². The summed E-state index contributed by atoms with van der Waals surface area (Å²) in [5.41, 5.74) is 3.31. The van der Waals surface area contributed by atoms with Gasteiger partial charge < -0.3 is 14.5 Å². The quantitative estimate of drug-likeness (QED) is 0.693. The van der Waals surface area contributed by atoms with Crippen LogP contribution in [-0.2, 0) is 11.3 Å². The largest absolute Gasteiger partial charge is 0.381 e. The summed E-state index contributed by atoms with van der Waals surface area (Å²) in [6, 6.07) is 14.8. The van der Waals surface area contributed by atoms with Gasteiger partial charge in [-0.15, -0.1) is 0 Å². The predicted octanol–water partition coefficient (Wildman–Crippen LogP) is 5.49. The van der Waals surface area contributed by atoms with Crippen LogP contribution in [0.3, 0.4) is 0 Å². The maximum Gasteiger partial charge on any atom is 0.104 e. The fourth-order valence-electron chi connectivity index (χ4n) is 3.42. The maximum absolute atomic E-state index is 6.07. The Morgan fingerprint density at radius 1 is 0.960 bits per heavy atom. The summed E-state index contributed by atoms with van der Waals surface area (Å²) in [7, 11) is 4.63. The van der Waals surface area contributed by atoms with Crippen LogP contribution < -0.4 is 5.32 Å². The summed E-state index contributed by atoms with van der Waals surface area (Å²) in [6.45, 7) is 2.80. The molecule has 25 heavy (non-hydrogen) atoms. The highest BCUT2D eigenvalue weighted by atomic mass is 35.5. The summed E-state index contributed by atoms with van der Waals surface area (Å²) in [5, 5.41) is 4.48. The fraction of sp³-hybridized carbons (Fsp3) is 0.400. The highest BCUT2D eigenvalue weighted by molar-refractivity contribution is 6.42. The van der Waals surface area contributed by atoms with Crippen molar-refractivity contribution in [2.75, 3.05) is 32.6 Å². The molecule has 3 nitrogen and oxygen atoms in total. The first-order valence-electron chi connectivity index (χ1n) is 8.65. The van der Waals surface area contributed by atoms with E-state index in [1.54, 1.807) is 6.07 Å². The van der Waals surface area contributed by atoms with E-state index in [0.717, 1.165) is 48.5 Å². The van der Waals surface area contributed by atoms with Crippen LogP contribution in [0.15, 0.2) is 42.5 Å². The second kappa shape index (κ2) is 7.96. The van der Waals surface area contributed by atoms with Crippen LogP contribution in [0.25, 0.3) is 0 Å². The van der Waals surface area contributed by atoms with Crippen LogP contribution >= 0.6 is 23.2 Å². The molecule has 0 atom stereocenters. The van der Waals surface area contributed by atoms with Crippen LogP contribution in [-0.4, -0.2) is 37.8 Å². The smallest absolute Gasteiger partial charge is 0.104 e. The van der Waals surface area contributed by atoms with Crippen LogP contribution in [0.1, 0.15) is 18.4 Å². The molecule has 134 valence electrons. The lowest BCUT2D eigenvalue weighted by Crippen LogP contribution is -2.50. The van der Waals surface area contributed by atoms with E-state index >= 15 is 0 Å². The molecule has 0 spiro atoms. The van der Waals surface area contributed by atoms with Gasteiger partial charge in [0.15, 0.2) is 0 Å². The maximum atomic E-state index is 6.07. The van der Waals surface area contributed by atoms with Crippen LogP contribution in [0.4, 0.5) is 11.4 Å². The third-order valence-electron chi connectivity index (χ3n) is 4.93. The molecule has 1 N–H and O–H groups in total. The number of hydrogen-bond donors (Lipinski definition) is 1. The standard InChI is InChI=1S/C20H25Cl2N2O/c1-24(2,18-9-11-25-12-10-18)14-15-3-5-16(6-4-15)23-17-7-8-19(21)20(22)13-17/h3-8,13,18,23H,9-12,14H2,1-2H3/q+1. The molecule has 0 aliphatic carbocycles. The predicted molar refractivity (Wildman–Crippen MR) is 106 cm³/mol. The number of anilines is 2. The highest BCUT2D eigenvalue weighted by Gasteiger charge is 2.30. The van der Waals surface area contributed by atoms with Crippen LogP contribution in [0.5, 0.6) is 0 Å². The lowest BCUT2D eigenvalue weighted by molar-refractivity contribution is -0.929. The number of quaternary nitrogens is 1. The van der Waals surface area contributed by atoms with Gasteiger partial charge in [0.1, 0.15) is 6.54 Å². The molecular weight excluding hydrogens is 355 g/mol. The van der Waals surface area contributed by atoms with Gasteiger partial charge in [0, 0.05) is 29.8 Å². The van der Waals surface area contributed by atoms with Gasteiger partial charge >= 0.3 is 0 Å². The van der Waals surface area contributed by atoms with Gasteiger partial charge in [0.25, 0.3) is 0 Å². The van der Waals surface area contributed by atoms with E-state index in [2.05, 4.69) is 43.7 Å². The number of benzene rings is 2. The van der Waals surface area contributed by atoms with Crippen molar-refractivity contribution in [1.29, 1.82) is 0 Å². The topological polar surface area (TPSA) is 21.3 Å². The van der Waals surface area contributed by atoms with E-state index in [9.17, 15) is 0 Å². The molecule has 1 saturated heterocycles. The molecule has 1 aliphatic rings. The summed E-state index contributed by atoms with van der Waals surface area (Å²) in [4.78, 5) is 0. The second-order valence-corrected chi connectivity index (χ2v) is 8.05. The SMILES string of the molecule is C[N+](C)(Cc1ccc(Nc2ccc(Cl)c(Cl)c2)cc1)C1CCOCC1. The Morgan fingerprint density at radius 3 is 2.24 bits per heavy atom. The highest BCUT2D eigenvalue weighted by Crippen LogP contribution is 2.27. The Labute approximate surface area is 160 Å². The first-order valence-corrected chi connectivity index (χ1v) is 9.41. The molecule has 1 aliphatic heterocycles. The number of rotatable bonds is 5. The van der Waals surface area contributed by atoms with E-state index in [1.807, 2.05) is 12.1 Å². The van der Waals surface area contributed by atoms with E-state index in [4.69, 9.17) is 27.9 Å². The van der Waals surface area contributed by atoms with Gasteiger partial charge in [-0.1, -0.05) is 35.3 Å². The Balaban J connectivity index is 1.64. The average molecular weight is 380 g/mol. The molecule has 0 saturated carbocycles. The van der Waals surface area contributed by atoms with Crippen LogP contribution in [0, 0.1) is 0 Å². The first kappa shape index (κ1) is 18.5. The Hall–Kier alpha value is -1.26. The minimum Gasteiger partial charge on any atom is -0.381 e. The van der Waals surface area contributed by atoms with E-state index in [0.29, 0.717) is 16.1 Å². The molecule has 0 radical (unpaired) electrons. The number of nitrogens with zero attached hydrogens (tertiary/aromatic N) is 1. The van der Waals surface area contributed by atoms with Crippen molar-refractivity contribution in [3.05, 3.63) is 58.1 Å². The molecule has 0 unspecified atom stereocenters. The van der Waals surface area contributed by atoms with Crippen molar-refractivity contribution < 1.29 is 9.22 Å². The normalized spacial score (nSPS) is 16.0. The minimum atomic E-state index is 0.554. The molecular formula is C20H25Cl2N2O+. The van der Waals surface area contributed by atoms with Crippen molar-refractivity contribution in [2.24, 2.45) is 0 Å². The van der Waals surface area contributed by atoms with Crippen molar-refractivity contribution in [1.82, 2.24) is 0 Å². The number of hydrogen-bond acceptors (Lipinski definition) is 2. The Kier molecular flexibility index (Phi) is 5.90. The fourth-order valence-corrected chi connectivity index (χ4v) is 3.72. The molecule has 2 aromatic rings. The van der Waals surface area contributed by atoms with Crippen molar-refractivity contribution >= 4 is 34.6 Å². The summed E-state index contributed by atoms with van der Waals surface area (Å²) in [5.74, 6) is 0. The number of ether oxygens (including phenoxy) is 1. The molecule has 1 heterocycles. The summed E-state index contributed by atoms with van der Waals surface area (Å²) in [6.07, 6.45) is 2.29. The van der Waals surface area contributed by atoms with Gasteiger partial charge in [-0.3, -0.25) is 0 Å². The first-order chi connectivity index (χ1) is 11.9. The second-order valence-electron chi connectivity index (χ2n) is 7.23. The lowest BCUT2D eigenvalue weighted by atomic mass is 10.0. The third-order valence-corrected chi connectivity index (χ3v) is 5.67. The molecule has 1 fully saturated rings. The zero-order chi connectivity index (χ0) is 17.9. The summed E-state index contributed by atoms with van der Waals surface area (Å²) < 4.78 is 6.50. The minimum absolute atomic E-state index is 0.554. The zero-order valence-corrected chi connectivity index (χ0v) is 16.3. The van der Waals surface area contributed by atoms with Gasteiger partial charge in [0.05, 0.1) is 43.4 Å². The van der Waals surface area contributed by atoms with E-state index in [-0.39, 0.29) is 0 Å². The third kappa shape index (κ3) is 4.89. The van der Waals surface area contributed by atoms with Gasteiger partial charge in [-0.25, -0.2) is 0 Å². The zero-order valence-electron chi connectivity index (χ0n) is 14.8. The van der Waals surface area contributed by atoms with Crippen molar-refractivity contribution in [3.63, 3.8) is 0 Å². The molecule has 0 bridgehead atoms. The average Bonchev–Trinajstić information content (AvgIpc) is 2.60. The number of nitrogens with one attached hydrogen (secondary N) is 1. The molecule has 0 amide bonds. The van der Waals surface area contributed by atoms with Gasteiger partial charge in [0.2, 0.25) is 0 Å². The Morgan fingerprint density at radius 2 is 1.60 bits per heavy atom. The van der Waals surface area contributed by atoms with E-state index in [1.165, 1.54) is 5.56 Å².